The van der Waals surface area contributed by atoms with Gasteiger partial charge in [0.2, 0.25) is 5.91 Å². The van der Waals surface area contributed by atoms with Gasteiger partial charge in [-0.1, -0.05) is 6.07 Å². The number of anilines is 1. The molecule has 3 N–H and O–H groups in total. The minimum Gasteiger partial charge on any atom is -0.365 e. The monoisotopic (exact) mass is 336 g/mol. The first-order chi connectivity index (χ1) is 10.4. The molecular weight excluding hydrogens is 320 g/mol. The number of amides is 2. The van der Waals surface area contributed by atoms with E-state index in [2.05, 4.69) is 5.32 Å². The molecule has 5 nitrogen and oxygen atoms in total. The molecule has 0 aromatic carbocycles. The van der Waals surface area contributed by atoms with Gasteiger partial charge in [0, 0.05) is 17.7 Å². The Labute approximate surface area is 136 Å². The maximum Gasteiger partial charge on any atom is 0.251 e. The molecule has 0 fully saturated rings. The standard InChI is InChI=1S/C15H16N2O3S2/c1-8-9(2)22-15(13(8)14(16)20)17-12(19)6-5-10(18)11-4-3-7-21-11/h3-4,7H,5-6H2,1-2H3,(H2,16,20)(H,17,19). The van der Waals surface area contributed by atoms with Gasteiger partial charge >= 0.3 is 0 Å². The van der Waals surface area contributed by atoms with Crippen molar-refractivity contribution in [3.8, 4) is 0 Å². The van der Waals surface area contributed by atoms with Crippen LogP contribution in [-0.4, -0.2) is 17.6 Å². The molecule has 2 amide bonds. The van der Waals surface area contributed by atoms with Crippen molar-refractivity contribution >= 4 is 45.3 Å². The zero-order valence-electron chi connectivity index (χ0n) is 12.3. The molecule has 0 saturated heterocycles. The number of hydrogen-bond donors (Lipinski definition) is 2. The smallest absolute Gasteiger partial charge is 0.251 e. The van der Waals surface area contributed by atoms with Crippen LogP contribution in [0.4, 0.5) is 5.00 Å². The summed E-state index contributed by atoms with van der Waals surface area (Å²) < 4.78 is 0. The van der Waals surface area contributed by atoms with Crippen LogP contribution in [0.25, 0.3) is 0 Å². The van der Waals surface area contributed by atoms with Gasteiger partial charge in [0.1, 0.15) is 5.00 Å². The number of Topliss-reactive ketones (excluding diaryl/α,β-unsaturated/α-hetero) is 1. The molecule has 2 rings (SSSR count). The van der Waals surface area contributed by atoms with Crippen molar-refractivity contribution in [2.24, 2.45) is 5.73 Å². The third kappa shape index (κ3) is 3.61. The van der Waals surface area contributed by atoms with Gasteiger partial charge in [-0.3, -0.25) is 14.4 Å². The highest BCUT2D eigenvalue weighted by Crippen LogP contribution is 2.32. The first-order valence-electron chi connectivity index (χ1n) is 6.66. The second-order valence-electron chi connectivity index (χ2n) is 4.80. The number of nitrogens with two attached hydrogens (primary N) is 1. The van der Waals surface area contributed by atoms with Crippen molar-refractivity contribution in [1.82, 2.24) is 0 Å². The molecule has 2 heterocycles. The summed E-state index contributed by atoms with van der Waals surface area (Å²) in [5.41, 5.74) is 6.48. The molecule has 2 aromatic heterocycles. The third-order valence-electron chi connectivity index (χ3n) is 3.26. The minimum atomic E-state index is -0.563. The van der Waals surface area contributed by atoms with E-state index in [1.807, 2.05) is 12.3 Å². The summed E-state index contributed by atoms with van der Waals surface area (Å²) in [7, 11) is 0. The maximum atomic E-state index is 12.0. The van der Waals surface area contributed by atoms with Crippen LogP contribution in [0.1, 0.15) is 43.3 Å². The predicted octanol–water partition coefficient (Wildman–Crippen LogP) is 3.13. The van der Waals surface area contributed by atoms with E-state index < -0.39 is 5.91 Å². The summed E-state index contributed by atoms with van der Waals surface area (Å²) in [5.74, 6) is -0.917. The van der Waals surface area contributed by atoms with Crippen molar-refractivity contribution in [3.05, 3.63) is 38.4 Å². The number of ketones is 1. The quantitative estimate of drug-likeness (QED) is 0.794. The average Bonchev–Trinajstić information content (AvgIpc) is 3.06. The summed E-state index contributed by atoms with van der Waals surface area (Å²) in [6.45, 7) is 3.66. The van der Waals surface area contributed by atoms with Crippen molar-refractivity contribution in [3.63, 3.8) is 0 Å². The fraction of sp³-hybridized carbons (Fsp3) is 0.267. The van der Waals surface area contributed by atoms with Gasteiger partial charge in [-0.25, -0.2) is 0 Å². The highest BCUT2D eigenvalue weighted by molar-refractivity contribution is 7.16. The fourth-order valence-corrected chi connectivity index (χ4v) is 3.76. The van der Waals surface area contributed by atoms with Crippen LogP contribution in [0.2, 0.25) is 0 Å². The molecule has 0 aliphatic heterocycles. The topological polar surface area (TPSA) is 89.3 Å². The molecule has 22 heavy (non-hydrogen) atoms. The van der Waals surface area contributed by atoms with Gasteiger partial charge in [-0.15, -0.1) is 22.7 Å². The van der Waals surface area contributed by atoms with Crippen LogP contribution >= 0.6 is 22.7 Å². The molecule has 0 spiro atoms. The zero-order valence-corrected chi connectivity index (χ0v) is 13.9. The Morgan fingerprint density at radius 1 is 1.23 bits per heavy atom. The Hall–Kier alpha value is -1.99. The van der Waals surface area contributed by atoms with Gasteiger partial charge < -0.3 is 11.1 Å². The summed E-state index contributed by atoms with van der Waals surface area (Å²) in [6, 6.07) is 3.54. The molecule has 116 valence electrons. The highest BCUT2D eigenvalue weighted by atomic mass is 32.1. The van der Waals surface area contributed by atoms with E-state index in [9.17, 15) is 14.4 Å². The van der Waals surface area contributed by atoms with E-state index in [0.717, 1.165) is 10.4 Å². The van der Waals surface area contributed by atoms with Gasteiger partial charge in [0.05, 0.1) is 10.4 Å². The number of aryl methyl sites for hydroxylation is 1. The highest BCUT2D eigenvalue weighted by Gasteiger charge is 2.19. The Morgan fingerprint density at radius 3 is 2.55 bits per heavy atom. The molecule has 0 radical (unpaired) electrons. The molecule has 0 saturated carbocycles. The summed E-state index contributed by atoms with van der Waals surface area (Å²) in [4.78, 5) is 36.9. The largest absolute Gasteiger partial charge is 0.365 e. The first-order valence-corrected chi connectivity index (χ1v) is 8.36. The van der Waals surface area contributed by atoms with Crippen LogP contribution in [0.3, 0.4) is 0 Å². The number of rotatable bonds is 6. The van der Waals surface area contributed by atoms with Gasteiger partial charge in [0.25, 0.3) is 5.91 Å². The second kappa shape index (κ2) is 6.85. The SMILES string of the molecule is Cc1sc(NC(=O)CCC(=O)c2cccs2)c(C(N)=O)c1C. The summed E-state index contributed by atoms with van der Waals surface area (Å²) >= 11 is 2.67. The number of hydrogen-bond acceptors (Lipinski definition) is 5. The summed E-state index contributed by atoms with van der Waals surface area (Å²) in [6.07, 6.45) is 0.215. The molecule has 2 aromatic rings. The van der Waals surface area contributed by atoms with Crippen LogP contribution in [0.5, 0.6) is 0 Å². The maximum absolute atomic E-state index is 12.0. The van der Waals surface area contributed by atoms with E-state index in [0.29, 0.717) is 15.4 Å². The second-order valence-corrected chi connectivity index (χ2v) is 6.97. The lowest BCUT2D eigenvalue weighted by Crippen LogP contribution is -2.17. The Morgan fingerprint density at radius 2 is 1.95 bits per heavy atom. The van der Waals surface area contributed by atoms with E-state index in [-0.39, 0.29) is 24.5 Å². The van der Waals surface area contributed by atoms with Crippen molar-refractivity contribution in [2.45, 2.75) is 26.7 Å². The molecule has 0 unspecified atom stereocenters. The summed E-state index contributed by atoms with van der Waals surface area (Å²) in [5, 5.41) is 4.96. The first kappa shape index (κ1) is 16.4. The van der Waals surface area contributed by atoms with Crippen LogP contribution < -0.4 is 11.1 Å². The van der Waals surface area contributed by atoms with Crippen molar-refractivity contribution in [1.29, 1.82) is 0 Å². The van der Waals surface area contributed by atoms with Crippen LogP contribution in [-0.2, 0) is 4.79 Å². The fourth-order valence-electron chi connectivity index (χ4n) is 1.99. The molecule has 7 heteroatoms. The number of primary amides is 1. The lowest BCUT2D eigenvalue weighted by molar-refractivity contribution is -0.116. The van der Waals surface area contributed by atoms with E-state index in [4.69, 9.17) is 5.73 Å². The lowest BCUT2D eigenvalue weighted by atomic mass is 10.1. The van der Waals surface area contributed by atoms with Crippen LogP contribution in [0, 0.1) is 13.8 Å². The third-order valence-corrected chi connectivity index (χ3v) is 5.29. The molecule has 0 atom stereocenters. The molecular formula is C15H16N2O3S2. The average molecular weight is 336 g/mol. The van der Waals surface area contributed by atoms with Gasteiger partial charge in [0.15, 0.2) is 5.78 Å². The number of nitrogens with one attached hydrogen (secondary N) is 1. The zero-order chi connectivity index (χ0) is 16.3. The molecule has 0 aliphatic rings. The van der Waals surface area contributed by atoms with Gasteiger partial charge in [-0.2, -0.15) is 0 Å². The Balaban J connectivity index is 1.99. The van der Waals surface area contributed by atoms with Crippen molar-refractivity contribution in [2.75, 3.05) is 5.32 Å². The van der Waals surface area contributed by atoms with E-state index >= 15 is 0 Å². The number of thiophene rings is 2. The molecule has 0 bridgehead atoms. The predicted molar refractivity (Wildman–Crippen MR) is 88.8 cm³/mol. The lowest BCUT2D eigenvalue weighted by Gasteiger charge is -2.04. The Kier molecular flexibility index (Phi) is 5.10. The van der Waals surface area contributed by atoms with Gasteiger partial charge in [-0.05, 0) is 30.9 Å². The number of carbonyl (C=O) groups excluding carboxylic acids is 3. The van der Waals surface area contributed by atoms with Crippen molar-refractivity contribution < 1.29 is 14.4 Å². The number of carbonyl (C=O) groups is 3. The minimum absolute atomic E-state index is 0.0567. The van der Waals surface area contributed by atoms with Crippen LogP contribution in [0.15, 0.2) is 17.5 Å². The Bertz CT molecular complexity index is 717. The molecule has 0 aliphatic carbocycles. The van der Waals surface area contributed by atoms with E-state index in [1.54, 1.807) is 19.1 Å². The normalized spacial score (nSPS) is 10.5. The van der Waals surface area contributed by atoms with E-state index in [1.165, 1.54) is 22.7 Å².